The van der Waals surface area contributed by atoms with Crippen LogP contribution in [0.5, 0.6) is 0 Å². The van der Waals surface area contributed by atoms with Crippen LogP contribution in [0.15, 0.2) is 24.7 Å². The maximum atomic E-state index is 14.2. The van der Waals surface area contributed by atoms with Gasteiger partial charge in [-0.15, -0.1) is 0 Å². The van der Waals surface area contributed by atoms with Gasteiger partial charge in [0.15, 0.2) is 23.2 Å². The number of anilines is 1. The maximum absolute atomic E-state index is 14.2. The number of carbonyl (C=O) groups is 1. The van der Waals surface area contributed by atoms with Crippen molar-refractivity contribution < 1.29 is 22.4 Å². The van der Waals surface area contributed by atoms with E-state index < -0.39 is 35.9 Å². The predicted octanol–water partition coefficient (Wildman–Crippen LogP) is 3.09. The van der Waals surface area contributed by atoms with Crippen molar-refractivity contribution in [3.05, 3.63) is 35.5 Å². The minimum atomic E-state index is -4.47. The molecule has 29 heavy (non-hydrogen) atoms. The predicted molar refractivity (Wildman–Crippen MR) is 97.0 cm³/mol. The number of hydrogen-bond acceptors (Lipinski definition) is 6. The number of Topliss-reactive ketones (excluding diaryl/α,β-unsaturated/α-hetero) is 1. The van der Waals surface area contributed by atoms with Gasteiger partial charge in [-0.2, -0.15) is 13.2 Å². The fraction of sp³-hybridized carbons (Fsp3) is 0.294. The van der Waals surface area contributed by atoms with E-state index >= 15 is 0 Å². The molecule has 12 heteroatoms. The summed E-state index contributed by atoms with van der Waals surface area (Å²) in [6, 6.07) is 0.524. The number of halogens is 5. The molecular formula is C17H13ClF4N6O. The normalized spacial score (nSPS) is 21.6. The molecule has 1 fully saturated rings. The molecule has 0 saturated heterocycles. The lowest BCUT2D eigenvalue weighted by Crippen LogP contribution is -2.36. The first kappa shape index (κ1) is 19.5. The Morgan fingerprint density at radius 2 is 2.07 bits per heavy atom. The summed E-state index contributed by atoms with van der Waals surface area (Å²) >= 11 is 5.97. The number of fused-ring (bicyclic) bond motifs is 1. The molecule has 0 bridgehead atoms. The third-order valence-corrected chi connectivity index (χ3v) is 4.84. The van der Waals surface area contributed by atoms with Crippen LogP contribution in [0.25, 0.3) is 22.4 Å². The van der Waals surface area contributed by atoms with Crippen molar-refractivity contribution in [2.24, 2.45) is 0 Å². The zero-order valence-electron chi connectivity index (χ0n) is 14.7. The van der Waals surface area contributed by atoms with E-state index in [1.807, 2.05) is 0 Å². The van der Waals surface area contributed by atoms with Crippen LogP contribution in [0.1, 0.15) is 6.92 Å². The lowest BCUT2D eigenvalue weighted by Gasteiger charge is -2.15. The topological polar surface area (TPSA) is 95.6 Å². The van der Waals surface area contributed by atoms with Crippen LogP contribution >= 0.6 is 11.6 Å². The number of alkyl halides is 3. The molecule has 0 aromatic carbocycles. The summed E-state index contributed by atoms with van der Waals surface area (Å²) in [7, 11) is 0. The SMILES string of the molecule is CC1(Nc2nc(-c3c[nH]c4ncc(Cl)cc34)ncc2F)C(=O)C1NCC(F)(F)F. The van der Waals surface area contributed by atoms with Crippen LogP contribution in [0.3, 0.4) is 0 Å². The van der Waals surface area contributed by atoms with Crippen LogP contribution < -0.4 is 10.6 Å². The van der Waals surface area contributed by atoms with Crippen LogP contribution in [-0.2, 0) is 4.79 Å². The number of ketones is 1. The number of aromatic nitrogens is 4. The van der Waals surface area contributed by atoms with Crippen molar-refractivity contribution in [1.82, 2.24) is 25.3 Å². The molecule has 1 saturated carbocycles. The zero-order chi connectivity index (χ0) is 21.0. The van der Waals surface area contributed by atoms with Gasteiger partial charge in [-0.05, 0) is 13.0 Å². The van der Waals surface area contributed by atoms with Gasteiger partial charge in [0.05, 0.1) is 23.8 Å². The molecule has 152 valence electrons. The standard InChI is InChI=1S/C17H13ClF4N6O/c1-16(11(12(16)29)26-6-17(20,21)22)28-15-10(19)5-25-14(27-15)9-4-24-13-8(9)2-7(18)3-23-13/h2-5,11,26H,6H2,1H3,(H,23,24)(H,25,27,28). The molecule has 1 aliphatic rings. The van der Waals surface area contributed by atoms with Gasteiger partial charge in [0.2, 0.25) is 0 Å². The van der Waals surface area contributed by atoms with E-state index in [1.165, 1.54) is 13.1 Å². The van der Waals surface area contributed by atoms with Crippen molar-refractivity contribution in [2.45, 2.75) is 24.7 Å². The number of rotatable bonds is 5. The monoisotopic (exact) mass is 428 g/mol. The molecule has 2 atom stereocenters. The second-order valence-corrected chi connectivity index (χ2v) is 7.20. The summed E-state index contributed by atoms with van der Waals surface area (Å²) in [5.41, 5.74) is -0.396. The third-order valence-electron chi connectivity index (χ3n) is 4.64. The summed E-state index contributed by atoms with van der Waals surface area (Å²) in [6.45, 7) is 0.0429. The van der Waals surface area contributed by atoms with Gasteiger partial charge in [-0.1, -0.05) is 11.6 Å². The first-order chi connectivity index (χ1) is 13.6. The Kier molecular flexibility index (Phi) is 4.46. The number of pyridine rings is 1. The Morgan fingerprint density at radius 3 is 2.79 bits per heavy atom. The van der Waals surface area contributed by atoms with Crippen LogP contribution in [0.2, 0.25) is 5.02 Å². The summed E-state index contributed by atoms with van der Waals surface area (Å²) in [5, 5.41) is 5.71. The van der Waals surface area contributed by atoms with E-state index in [0.717, 1.165) is 6.20 Å². The highest BCUT2D eigenvalue weighted by Crippen LogP contribution is 2.36. The molecule has 4 rings (SSSR count). The Bertz CT molecular complexity index is 1120. The van der Waals surface area contributed by atoms with Crippen LogP contribution in [0.4, 0.5) is 23.4 Å². The summed E-state index contributed by atoms with van der Waals surface area (Å²) in [4.78, 5) is 27.1. The minimum absolute atomic E-state index is 0.126. The van der Waals surface area contributed by atoms with Gasteiger partial charge in [-0.25, -0.2) is 19.3 Å². The Hall–Kier alpha value is -2.79. The van der Waals surface area contributed by atoms with Gasteiger partial charge in [0, 0.05) is 23.3 Å². The maximum Gasteiger partial charge on any atom is 0.401 e. The smallest absolute Gasteiger partial charge is 0.353 e. The Morgan fingerprint density at radius 1 is 1.31 bits per heavy atom. The molecule has 1 aliphatic carbocycles. The minimum Gasteiger partial charge on any atom is -0.353 e. The van der Waals surface area contributed by atoms with Crippen LogP contribution in [0, 0.1) is 5.82 Å². The highest BCUT2D eigenvalue weighted by atomic mass is 35.5. The zero-order valence-corrected chi connectivity index (χ0v) is 15.5. The Balaban J connectivity index is 1.61. The van der Waals surface area contributed by atoms with Crippen molar-refractivity contribution in [2.75, 3.05) is 11.9 Å². The lowest BCUT2D eigenvalue weighted by molar-refractivity contribution is -0.125. The molecular weight excluding hydrogens is 416 g/mol. The number of nitrogens with one attached hydrogen (secondary N) is 3. The van der Waals surface area contributed by atoms with E-state index in [9.17, 15) is 22.4 Å². The third kappa shape index (κ3) is 3.62. The number of hydrogen-bond donors (Lipinski definition) is 3. The van der Waals surface area contributed by atoms with E-state index in [0.29, 0.717) is 21.6 Å². The first-order valence-corrected chi connectivity index (χ1v) is 8.74. The number of nitrogens with zero attached hydrogens (tertiary/aromatic N) is 3. The summed E-state index contributed by atoms with van der Waals surface area (Å²) < 4.78 is 51.4. The highest BCUT2D eigenvalue weighted by Gasteiger charge is 2.62. The number of H-pyrrole nitrogens is 1. The van der Waals surface area contributed by atoms with E-state index in [1.54, 1.807) is 12.3 Å². The Labute approximate surface area is 165 Å². The first-order valence-electron chi connectivity index (χ1n) is 8.37. The summed E-state index contributed by atoms with van der Waals surface area (Å²) in [5.74, 6) is -1.54. The van der Waals surface area contributed by atoms with Gasteiger partial charge >= 0.3 is 6.18 Å². The molecule has 0 amide bonds. The molecule has 3 aromatic heterocycles. The van der Waals surface area contributed by atoms with Crippen molar-refractivity contribution in [1.29, 1.82) is 0 Å². The van der Waals surface area contributed by atoms with E-state index in [4.69, 9.17) is 11.6 Å². The van der Waals surface area contributed by atoms with Gasteiger partial charge in [0.1, 0.15) is 11.2 Å². The molecule has 3 heterocycles. The second-order valence-electron chi connectivity index (χ2n) is 6.76. The fourth-order valence-corrected chi connectivity index (χ4v) is 3.21. The molecule has 7 nitrogen and oxygen atoms in total. The van der Waals surface area contributed by atoms with Crippen LogP contribution in [-0.4, -0.2) is 50.0 Å². The summed E-state index contributed by atoms with van der Waals surface area (Å²) in [6.07, 6.45) is -0.531. The lowest BCUT2D eigenvalue weighted by atomic mass is 10.2. The molecule has 0 radical (unpaired) electrons. The van der Waals surface area contributed by atoms with Gasteiger partial charge in [0.25, 0.3) is 0 Å². The molecule has 3 aromatic rings. The second kappa shape index (κ2) is 6.63. The molecule has 0 aliphatic heterocycles. The highest BCUT2D eigenvalue weighted by molar-refractivity contribution is 6.31. The van der Waals surface area contributed by atoms with Crippen molar-refractivity contribution >= 4 is 34.2 Å². The quantitative estimate of drug-likeness (QED) is 0.541. The van der Waals surface area contributed by atoms with Crippen molar-refractivity contribution in [3.8, 4) is 11.4 Å². The largest absolute Gasteiger partial charge is 0.401 e. The van der Waals surface area contributed by atoms with Gasteiger partial charge in [-0.3, -0.25) is 10.1 Å². The van der Waals surface area contributed by atoms with E-state index in [2.05, 4.69) is 30.6 Å². The van der Waals surface area contributed by atoms with E-state index in [-0.39, 0.29) is 11.6 Å². The molecule has 3 N–H and O–H groups in total. The molecule has 2 unspecified atom stereocenters. The van der Waals surface area contributed by atoms with Crippen molar-refractivity contribution in [3.63, 3.8) is 0 Å². The average molecular weight is 429 g/mol. The number of aromatic amines is 1. The fourth-order valence-electron chi connectivity index (χ4n) is 3.05. The molecule has 0 spiro atoms. The average Bonchev–Trinajstić information content (AvgIpc) is 2.97. The number of carbonyl (C=O) groups excluding carboxylic acids is 1. The van der Waals surface area contributed by atoms with Gasteiger partial charge < -0.3 is 10.3 Å².